The van der Waals surface area contributed by atoms with E-state index in [4.69, 9.17) is 21.4 Å². The monoisotopic (exact) mass is 383 g/mol. The van der Waals surface area contributed by atoms with Crippen molar-refractivity contribution in [1.82, 2.24) is 4.90 Å². The predicted molar refractivity (Wildman–Crippen MR) is 97.4 cm³/mol. The summed E-state index contributed by atoms with van der Waals surface area (Å²) in [4.78, 5) is 25.3. The molecule has 1 aromatic rings. The Hall–Kier alpha value is -2.22. The quantitative estimate of drug-likeness (QED) is 0.632. The number of carboxylic acid groups (broad SMARTS) is 1. The zero-order valence-electron chi connectivity index (χ0n) is 14.6. The number of amides is 1. The molecule has 0 aliphatic carbocycles. The molecule has 1 amide bonds. The van der Waals surface area contributed by atoms with Gasteiger partial charge in [-0.05, 0) is 31.1 Å². The Morgan fingerprint density at radius 1 is 1.23 bits per heavy atom. The summed E-state index contributed by atoms with van der Waals surface area (Å²) in [6, 6.07) is 2.97. The van der Waals surface area contributed by atoms with E-state index in [9.17, 15) is 14.9 Å². The highest BCUT2D eigenvalue weighted by Gasteiger charge is 2.39. The topological polar surface area (TPSA) is 96.2 Å². The van der Waals surface area contributed by atoms with Crippen molar-refractivity contribution < 1.29 is 19.6 Å². The maximum atomic E-state index is 11.1. The summed E-state index contributed by atoms with van der Waals surface area (Å²) in [5.41, 5.74) is 0.780. The molecule has 0 saturated carbocycles. The lowest BCUT2D eigenvalue weighted by atomic mass is 9.71. The lowest BCUT2D eigenvalue weighted by Crippen LogP contribution is -2.48. The molecule has 0 aromatic heterocycles. The third-order valence-electron chi connectivity index (χ3n) is 5.70. The van der Waals surface area contributed by atoms with Crippen molar-refractivity contribution in [1.29, 1.82) is 0 Å². The smallest absolute Gasteiger partial charge is 0.407 e. The minimum Gasteiger partial charge on any atom is -0.490 e. The summed E-state index contributed by atoms with van der Waals surface area (Å²) in [7, 11) is 1.40. The van der Waals surface area contributed by atoms with Crippen LogP contribution in [0.3, 0.4) is 0 Å². The maximum absolute atomic E-state index is 11.1. The number of nitrogens with zero attached hydrogens (tertiary/aromatic N) is 3. The Morgan fingerprint density at radius 2 is 1.81 bits per heavy atom. The second-order valence-electron chi connectivity index (χ2n) is 6.99. The molecule has 8 nitrogen and oxygen atoms in total. The second kappa shape index (κ2) is 7.19. The minimum atomic E-state index is -0.845. The predicted octanol–water partition coefficient (Wildman–Crippen LogP) is 3.62. The number of benzene rings is 1. The number of hydrogen-bond donors (Lipinski definition) is 1. The molecule has 9 heteroatoms. The van der Waals surface area contributed by atoms with Gasteiger partial charge < -0.3 is 19.6 Å². The van der Waals surface area contributed by atoms with Crippen molar-refractivity contribution in [2.45, 2.75) is 25.7 Å². The number of nitro benzene ring substituents is 1. The van der Waals surface area contributed by atoms with Gasteiger partial charge in [-0.2, -0.15) is 0 Å². The number of carbonyl (C=O) groups is 1. The van der Waals surface area contributed by atoms with Crippen molar-refractivity contribution in [3.63, 3.8) is 0 Å². The van der Waals surface area contributed by atoms with Gasteiger partial charge in [-0.25, -0.2) is 4.79 Å². The van der Waals surface area contributed by atoms with E-state index in [0.29, 0.717) is 18.1 Å². The van der Waals surface area contributed by atoms with Crippen molar-refractivity contribution in [2.24, 2.45) is 5.41 Å². The fourth-order valence-corrected chi connectivity index (χ4v) is 4.25. The van der Waals surface area contributed by atoms with Gasteiger partial charge in [0.25, 0.3) is 0 Å². The van der Waals surface area contributed by atoms with E-state index >= 15 is 0 Å². The first-order valence-electron chi connectivity index (χ1n) is 8.60. The number of halogens is 1. The molecule has 1 spiro atoms. The SMILES string of the molecule is COc1cc(N2CCC3(CCN(C(=O)O)CC3)CC2)c(Cl)cc1[N+](=O)[O-]. The lowest BCUT2D eigenvalue weighted by Gasteiger charge is -2.47. The molecule has 2 saturated heterocycles. The average Bonchev–Trinajstić information content (AvgIpc) is 2.63. The molecular formula is C17H22ClN3O5. The number of likely N-dealkylation sites (tertiary alicyclic amines) is 1. The van der Waals surface area contributed by atoms with Crippen LogP contribution in [0, 0.1) is 15.5 Å². The largest absolute Gasteiger partial charge is 0.490 e. The highest BCUT2D eigenvalue weighted by Crippen LogP contribution is 2.44. The molecule has 0 unspecified atom stereocenters. The Morgan fingerprint density at radius 3 is 2.31 bits per heavy atom. The normalized spacial score (nSPS) is 19.5. The van der Waals surface area contributed by atoms with E-state index in [1.807, 2.05) is 0 Å². The van der Waals surface area contributed by atoms with Gasteiger partial charge in [0.1, 0.15) is 0 Å². The van der Waals surface area contributed by atoms with Crippen LogP contribution in [0.5, 0.6) is 5.75 Å². The van der Waals surface area contributed by atoms with E-state index in [1.165, 1.54) is 18.1 Å². The number of piperidine rings is 2. The third kappa shape index (κ3) is 3.51. The molecule has 26 heavy (non-hydrogen) atoms. The standard InChI is InChI=1S/C17H22ClN3O5/c1-26-15-11-13(12(18)10-14(15)21(24)25)19-6-2-17(3-7-19)4-8-20(9-5-17)16(22)23/h10-11H,2-9H2,1H3,(H,22,23). The first-order valence-corrected chi connectivity index (χ1v) is 8.98. The van der Waals surface area contributed by atoms with Crippen molar-refractivity contribution in [3.05, 3.63) is 27.3 Å². The van der Waals surface area contributed by atoms with E-state index in [-0.39, 0.29) is 16.9 Å². The van der Waals surface area contributed by atoms with Crippen LogP contribution in [0.15, 0.2) is 12.1 Å². The molecule has 2 aliphatic heterocycles. The minimum absolute atomic E-state index is 0.143. The molecule has 1 aromatic carbocycles. The van der Waals surface area contributed by atoms with Crippen LogP contribution in [0.4, 0.5) is 16.2 Å². The molecule has 3 rings (SSSR count). The lowest BCUT2D eigenvalue weighted by molar-refractivity contribution is -0.385. The van der Waals surface area contributed by atoms with Crippen LogP contribution >= 0.6 is 11.6 Å². The molecule has 2 heterocycles. The Labute approximate surface area is 156 Å². The van der Waals surface area contributed by atoms with Gasteiger partial charge in [0.2, 0.25) is 0 Å². The molecule has 1 N–H and O–H groups in total. The summed E-state index contributed by atoms with van der Waals surface area (Å²) >= 11 is 6.29. The van der Waals surface area contributed by atoms with Gasteiger partial charge in [-0.15, -0.1) is 0 Å². The summed E-state index contributed by atoms with van der Waals surface area (Å²) in [6.07, 6.45) is 2.82. The van der Waals surface area contributed by atoms with Crippen LogP contribution in [0.25, 0.3) is 0 Å². The van der Waals surface area contributed by atoms with Crippen molar-refractivity contribution in [2.75, 3.05) is 38.2 Å². The summed E-state index contributed by atoms with van der Waals surface area (Å²) in [6.45, 7) is 2.74. The van der Waals surface area contributed by atoms with Gasteiger partial charge in [-0.1, -0.05) is 11.6 Å². The van der Waals surface area contributed by atoms with Crippen molar-refractivity contribution in [3.8, 4) is 5.75 Å². The average molecular weight is 384 g/mol. The van der Waals surface area contributed by atoms with Crippen LogP contribution in [0.1, 0.15) is 25.7 Å². The van der Waals surface area contributed by atoms with Crippen LogP contribution in [-0.2, 0) is 0 Å². The number of ether oxygens (including phenoxy) is 1. The molecule has 0 radical (unpaired) electrons. The van der Waals surface area contributed by atoms with Gasteiger partial charge in [0.05, 0.1) is 22.7 Å². The molecule has 142 valence electrons. The Bertz CT molecular complexity index is 709. The van der Waals surface area contributed by atoms with E-state index in [0.717, 1.165) is 44.5 Å². The number of hydrogen-bond acceptors (Lipinski definition) is 5. The zero-order valence-corrected chi connectivity index (χ0v) is 15.4. The molecular weight excluding hydrogens is 362 g/mol. The zero-order chi connectivity index (χ0) is 18.9. The molecule has 0 bridgehead atoms. The number of methoxy groups -OCH3 is 1. The fraction of sp³-hybridized carbons (Fsp3) is 0.588. The number of rotatable bonds is 3. The highest BCUT2D eigenvalue weighted by atomic mass is 35.5. The van der Waals surface area contributed by atoms with Gasteiger partial charge in [0, 0.05) is 38.3 Å². The van der Waals surface area contributed by atoms with Crippen molar-refractivity contribution >= 4 is 29.1 Å². The summed E-state index contributed by atoms with van der Waals surface area (Å²) in [5.74, 6) is 0.199. The molecule has 2 aliphatic rings. The molecule has 0 atom stereocenters. The van der Waals surface area contributed by atoms with Gasteiger partial charge in [-0.3, -0.25) is 10.1 Å². The molecule has 2 fully saturated rings. The fourth-order valence-electron chi connectivity index (χ4n) is 3.97. The number of anilines is 1. The summed E-state index contributed by atoms with van der Waals surface area (Å²) < 4.78 is 5.15. The van der Waals surface area contributed by atoms with Crippen LogP contribution < -0.4 is 9.64 Å². The van der Waals surface area contributed by atoms with Gasteiger partial charge >= 0.3 is 11.8 Å². The third-order valence-corrected chi connectivity index (χ3v) is 6.01. The van der Waals surface area contributed by atoms with Crippen LogP contribution in [0.2, 0.25) is 5.02 Å². The van der Waals surface area contributed by atoms with Gasteiger partial charge in [0.15, 0.2) is 5.75 Å². The van der Waals surface area contributed by atoms with Crippen LogP contribution in [-0.4, -0.2) is 54.3 Å². The maximum Gasteiger partial charge on any atom is 0.407 e. The Balaban J connectivity index is 1.71. The Kier molecular flexibility index (Phi) is 5.13. The summed E-state index contributed by atoms with van der Waals surface area (Å²) in [5, 5.41) is 20.5. The second-order valence-corrected chi connectivity index (χ2v) is 7.40. The number of nitro groups is 1. The first-order chi connectivity index (χ1) is 12.3. The van der Waals surface area contributed by atoms with E-state index in [2.05, 4.69) is 4.90 Å². The van der Waals surface area contributed by atoms with E-state index in [1.54, 1.807) is 6.07 Å². The first kappa shape index (κ1) is 18.6. The highest BCUT2D eigenvalue weighted by molar-refractivity contribution is 6.33. The van der Waals surface area contributed by atoms with E-state index < -0.39 is 11.0 Å².